The van der Waals surface area contributed by atoms with Crippen LogP contribution in [-0.4, -0.2) is 34.9 Å². The molecule has 0 fully saturated rings. The predicted octanol–water partition coefficient (Wildman–Crippen LogP) is 4.13. The highest BCUT2D eigenvalue weighted by Gasteiger charge is 2.47. The number of benzene rings is 3. The zero-order chi connectivity index (χ0) is 24.4. The van der Waals surface area contributed by atoms with Gasteiger partial charge in [0.05, 0.1) is 25.5 Å². The summed E-state index contributed by atoms with van der Waals surface area (Å²) in [7, 11) is 3.05. The number of methoxy groups -OCH3 is 2. The third-order valence-corrected chi connectivity index (χ3v) is 6.78. The van der Waals surface area contributed by atoms with E-state index in [-0.39, 0.29) is 11.6 Å². The standard InChI is InChI=1S/C27H22N4O4/c1-14-9-10-16(13-15(14)2)22-25(32)28-24-17-7-5-6-8-19(17)30-26(31(24)29-22)18-11-12-20(34-3)23(35-4)21(18)27(30)33/h5-13,26H,1-4H3/t26-/m0/s1. The van der Waals surface area contributed by atoms with E-state index >= 15 is 0 Å². The number of aromatic nitrogens is 3. The number of carbonyl (C=O) groups is 1. The minimum absolute atomic E-state index is 0.230. The van der Waals surface area contributed by atoms with Crippen molar-refractivity contribution in [3.05, 3.63) is 87.2 Å². The Kier molecular flexibility index (Phi) is 4.54. The fourth-order valence-electron chi connectivity index (χ4n) is 4.93. The van der Waals surface area contributed by atoms with E-state index in [0.29, 0.717) is 45.3 Å². The van der Waals surface area contributed by atoms with Crippen molar-refractivity contribution in [3.63, 3.8) is 0 Å². The normalized spacial score (nSPS) is 15.3. The van der Waals surface area contributed by atoms with E-state index in [1.807, 2.05) is 62.4 Å². The van der Waals surface area contributed by atoms with Crippen LogP contribution in [0.4, 0.5) is 5.69 Å². The fraction of sp³-hybridized carbons (Fsp3) is 0.185. The zero-order valence-corrected chi connectivity index (χ0v) is 19.7. The maximum atomic E-state index is 13.8. The Balaban J connectivity index is 1.67. The first-order valence-electron chi connectivity index (χ1n) is 11.2. The second kappa shape index (κ2) is 7.53. The molecule has 3 aromatic carbocycles. The number of rotatable bonds is 3. The SMILES string of the molecule is COc1ccc2c(c1OC)C(=O)N1c3ccccc3-c3nc(=O)c(-c4ccc(C)c(C)c4)nn3[C@@H]21. The lowest BCUT2D eigenvalue weighted by atomic mass is 10.0. The van der Waals surface area contributed by atoms with Crippen LogP contribution >= 0.6 is 0 Å². The molecule has 0 saturated heterocycles. The largest absolute Gasteiger partial charge is 0.493 e. The van der Waals surface area contributed by atoms with Crippen LogP contribution in [0.25, 0.3) is 22.6 Å². The molecule has 2 aliphatic heterocycles. The van der Waals surface area contributed by atoms with E-state index in [2.05, 4.69) is 4.98 Å². The van der Waals surface area contributed by atoms with Crippen molar-refractivity contribution in [1.29, 1.82) is 0 Å². The van der Waals surface area contributed by atoms with Gasteiger partial charge in [-0.2, -0.15) is 10.1 Å². The van der Waals surface area contributed by atoms with Crippen LogP contribution < -0.4 is 19.9 Å². The first-order chi connectivity index (χ1) is 16.9. The molecule has 3 heterocycles. The van der Waals surface area contributed by atoms with Gasteiger partial charge in [0, 0.05) is 16.7 Å². The number of para-hydroxylation sites is 1. The third-order valence-electron chi connectivity index (χ3n) is 6.78. The van der Waals surface area contributed by atoms with Gasteiger partial charge in [0.25, 0.3) is 11.5 Å². The number of aryl methyl sites for hydroxylation is 2. The number of carbonyl (C=O) groups excluding carboxylic acids is 1. The molecule has 0 saturated carbocycles. The minimum Gasteiger partial charge on any atom is -0.493 e. The van der Waals surface area contributed by atoms with Crippen molar-refractivity contribution in [1.82, 2.24) is 14.8 Å². The van der Waals surface area contributed by atoms with Crippen LogP contribution in [0.2, 0.25) is 0 Å². The van der Waals surface area contributed by atoms with Crippen molar-refractivity contribution in [2.45, 2.75) is 20.0 Å². The van der Waals surface area contributed by atoms with Crippen molar-refractivity contribution in [2.75, 3.05) is 19.1 Å². The number of nitrogens with zero attached hydrogens (tertiary/aromatic N) is 4. The van der Waals surface area contributed by atoms with Gasteiger partial charge in [-0.15, -0.1) is 0 Å². The summed E-state index contributed by atoms with van der Waals surface area (Å²) in [5.41, 5.74) is 5.10. The van der Waals surface area contributed by atoms with E-state index in [1.54, 1.807) is 15.6 Å². The van der Waals surface area contributed by atoms with E-state index in [0.717, 1.165) is 11.1 Å². The second-order valence-corrected chi connectivity index (χ2v) is 8.66. The molecule has 174 valence electrons. The Morgan fingerprint density at radius 1 is 0.914 bits per heavy atom. The molecule has 1 aromatic heterocycles. The first-order valence-corrected chi connectivity index (χ1v) is 11.2. The molecule has 6 rings (SSSR count). The number of fused-ring (bicyclic) bond motifs is 8. The van der Waals surface area contributed by atoms with Crippen molar-refractivity contribution < 1.29 is 14.3 Å². The molecule has 0 N–H and O–H groups in total. The molecule has 0 unspecified atom stereocenters. The molecule has 35 heavy (non-hydrogen) atoms. The third kappa shape index (κ3) is 2.86. The van der Waals surface area contributed by atoms with Gasteiger partial charge >= 0.3 is 0 Å². The van der Waals surface area contributed by atoms with Gasteiger partial charge in [0.2, 0.25) is 0 Å². The molecule has 1 amide bonds. The summed E-state index contributed by atoms with van der Waals surface area (Å²) in [4.78, 5) is 33.2. The molecule has 8 nitrogen and oxygen atoms in total. The highest BCUT2D eigenvalue weighted by molar-refractivity contribution is 6.15. The minimum atomic E-state index is -0.624. The topological polar surface area (TPSA) is 86.6 Å². The Bertz CT molecular complexity index is 1610. The second-order valence-electron chi connectivity index (χ2n) is 8.66. The van der Waals surface area contributed by atoms with E-state index < -0.39 is 11.7 Å². The molecule has 1 atom stereocenters. The summed E-state index contributed by atoms with van der Waals surface area (Å²) in [6.07, 6.45) is -0.624. The summed E-state index contributed by atoms with van der Waals surface area (Å²) in [6, 6.07) is 16.8. The lowest BCUT2D eigenvalue weighted by Gasteiger charge is -2.34. The monoisotopic (exact) mass is 466 g/mol. The highest BCUT2D eigenvalue weighted by atomic mass is 16.5. The molecule has 8 heteroatoms. The lowest BCUT2D eigenvalue weighted by molar-refractivity contribution is 0.0983. The molecule has 0 aliphatic carbocycles. The molecule has 2 aliphatic rings. The van der Waals surface area contributed by atoms with Crippen LogP contribution in [0.3, 0.4) is 0 Å². The molecular formula is C27H22N4O4. The molecular weight excluding hydrogens is 444 g/mol. The molecule has 4 aromatic rings. The summed E-state index contributed by atoms with van der Waals surface area (Å²) >= 11 is 0. The number of hydrogen-bond donors (Lipinski definition) is 0. The van der Waals surface area contributed by atoms with Gasteiger partial charge in [-0.1, -0.05) is 30.3 Å². The number of hydrogen-bond acceptors (Lipinski definition) is 6. The van der Waals surface area contributed by atoms with Gasteiger partial charge < -0.3 is 9.47 Å². The van der Waals surface area contributed by atoms with Crippen molar-refractivity contribution in [3.8, 4) is 34.1 Å². The Morgan fingerprint density at radius 2 is 1.71 bits per heavy atom. The maximum Gasteiger partial charge on any atom is 0.300 e. The van der Waals surface area contributed by atoms with Crippen LogP contribution in [0.15, 0.2) is 59.4 Å². The number of anilines is 1. The zero-order valence-electron chi connectivity index (χ0n) is 19.7. The predicted molar refractivity (Wildman–Crippen MR) is 131 cm³/mol. The van der Waals surface area contributed by atoms with Gasteiger partial charge in [-0.25, -0.2) is 4.68 Å². The fourth-order valence-corrected chi connectivity index (χ4v) is 4.93. The molecule has 0 spiro atoms. The van der Waals surface area contributed by atoms with Crippen LogP contribution in [0, 0.1) is 13.8 Å². The van der Waals surface area contributed by atoms with E-state index in [9.17, 15) is 9.59 Å². The van der Waals surface area contributed by atoms with Gasteiger partial charge in [0.1, 0.15) is 0 Å². The Hall–Kier alpha value is -4.46. The maximum absolute atomic E-state index is 13.8. The van der Waals surface area contributed by atoms with Crippen LogP contribution in [-0.2, 0) is 0 Å². The highest BCUT2D eigenvalue weighted by Crippen LogP contribution is 2.50. The quantitative estimate of drug-likeness (QED) is 0.451. The van der Waals surface area contributed by atoms with Gasteiger partial charge in [-0.05, 0) is 49.2 Å². The lowest BCUT2D eigenvalue weighted by Crippen LogP contribution is -2.39. The Labute approximate surface area is 201 Å². The van der Waals surface area contributed by atoms with Crippen LogP contribution in [0.1, 0.15) is 33.2 Å². The number of ether oxygens (including phenoxy) is 2. The van der Waals surface area contributed by atoms with Gasteiger partial charge in [0.15, 0.2) is 29.2 Å². The van der Waals surface area contributed by atoms with Crippen molar-refractivity contribution >= 4 is 11.6 Å². The summed E-state index contributed by atoms with van der Waals surface area (Å²) in [5, 5.41) is 4.80. The first kappa shape index (κ1) is 21.1. The van der Waals surface area contributed by atoms with E-state index in [4.69, 9.17) is 14.6 Å². The van der Waals surface area contributed by atoms with Crippen molar-refractivity contribution in [2.24, 2.45) is 0 Å². The molecule has 0 bridgehead atoms. The average Bonchev–Trinajstić information content (AvgIpc) is 3.17. The average molecular weight is 466 g/mol. The summed E-state index contributed by atoms with van der Waals surface area (Å²) in [5.74, 6) is 1.02. The van der Waals surface area contributed by atoms with Crippen LogP contribution in [0.5, 0.6) is 11.5 Å². The van der Waals surface area contributed by atoms with Gasteiger partial charge in [-0.3, -0.25) is 14.5 Å². The number of amides is 1. The Morgan fingerprint density at radius 3 is 2.46 bits per heavy atom. The summed E-state index contributed by atoms with van der Waals surface area (Å²) < 4.78 is 12.7. The molecule has 0 radical (unpaired) electrons. The smallest absolute Gasteiger partial charge is 0.300 e. The summed E-state index contributed by atoms with van der Waals surface area (Å²) in [6.45, 7) is 4.01. The van der Waals surface area contributed by atoms with E-state index in [1.165, 1.54) is 14.2 Å².